The summed E-state index contributed by atoms with van der Waals surface area (Å²) in [5.74, 6) is 1.73. The topological polar surface area (TPSA) is 18.5 Å². The number of halogens is 1. The molecule has 0 amide bonds. The van der Waals surface area contributed by atoms with Crippen molar-refractivity contribution < 1.29 is 9.47 Å². The van der Waals surface area contributed by atoms with E-state index in [0.29, 0.717) is 0 Å². The van der Waals surface area contributed by atoms with Crippen LogP contribution < -0.4 is 9.47 Å². The van der Waals surface area contributed by atoms with Crippen molar-refractivity contribution >= 4 is 22.0 Å². The summed E-state index contributed by atoms with van der Waals surface area (Å²) < 4.78 is 12.3. The van der Waals surface area contributed by atoms with Crippen LogP contribution in [-0.4, -0.2) is 7.11 Å². The Hall–Kier alpha value is -1.74. The molecule has 3 rings (SSSR count). The average Bonchev–Trinajstić information content (AvgIpc) is 2.47. The summed E-state index contributed by atoms with van der Waals surface area (Å²) in [7, 11) is 1.67. The lowest BCUT2D eigenvalue weighted by Gasteiger charge is -2.22. The van der Waals surface area contributed by atoms with Crippen LogP contribution in [0.2, 0.25) is 0 Å². The van der Waals surface area contributed by atoms with Gasteiger partial charge in [0.05, 0.1) is 7.11 Å². The first kappa shape index (κ1) is 12.3. The molecule has 1 heterocycles. The standard InChI is InChI=1S/C16H13BrO2/c1-18-14-7-9-16-12(10-14)4-8-15(19-16)11-2-5-13(17)6-3-11/h2-10,15H,1H3. The first-order valence-electron chi connectivity index (χ1n) is 6.04. The number of fused-ring (bicyclic) bond motifs is 1. The van der Waals surface area contributed by atoms with Gasteiger partial charge in [-0.3, -0.25) is 0 Å². The van der Waals surface area contributed by atoms with Gasteiger partial charge >= 0.3 is 0 Å². The maximum atomic E-state index is 6.00. The van der Waals surface area contributed by atoms with Gasteiger partial charge in [0, 0.05) is 10.0 Å². The molecule has 1 unspecified atom stereocenters. The maximum absolute atomic E-state index is 6.00. The van der Waals surface area contributed by atoms with Crippen LogP contribution in [-0.2, 0) is 0 Å². The van der Waals surface area contributed by atoms with Gasteiger partial charge in [0.15, 0.2) is 0 Å². The Labute approximate surface area is 120 Å². The van der Waals surface area contributed by atoms with Gasteiger partial charge in [-0.25, -0.2) is 0 Å². The monoisotopic (exact) mass is 316 g/mol. The Morgan fingerprint density at radius 2 is 1.89 bits per heavy atom. The predicted octanol–water partition coefficient (Wildman–Crippen LogP) is 4.60. The molecule has 1 atom stereocenters. The molecule has 0 N–H and O–H groups in total. The molecule has 0 bridgehead atoms. The van der Waals surface area contributed by atoms with E-state index in [1.54, 1.807) is 7.11 Å². The van der Waals surface area contributed by atoms with Gasteiger partial charge in [-0.15, -0.1) is 0 Å². The van der Waals surface area contributed by atoms with Crippen molar-refractivity contribution in [3.8, 4) is 11.5 Å². The molecule has 2 nitrogen and oxygen atoms in total. The fourth-order valence-corrected chi connectivity index (χ4v) is 2.35. The van der Waals surface area contributed by atoms with Gasteiger partial charge in [0.25, 0.3) is 0 Å². The number of ether oxygens (including phenoxy) is 2. The van der Waals surface area contributed by atoms with Crippen molar-refractivity contribution in [2.45, 2.75) is 6.10 Å². The number of methoxy groups -OCH3 is 1. The zero-order valence-corrected chi connectivity index (χ0v) is 12.1. The molecule has 2 aromatic carbocycles. The quantitative estimate of drug-likeness (QED) is 0.805. The minimum atomic E-state index is -0.0333. The highest BCUT2D eigenvalue weighted by molar-refractivity contribution is 9.10. The summed E-state index contributed by atoms with van der Waals surface area (Å²) in [4.78, 5) is 0. The molecule has 0 fully saturated rings. The van der Waals surface area contributed by atoms with Crippen molar-refractivity contribution in [1.29, 1.82) is 0 Å². The van der Waals surface area contributed by atoms with Gasteiger partial charge in [-0.1, -0.05) is 34.1 Å². The lowest BCUT2D eigenvalue weighted by Crippen LogP contribution is -2.08. The van der Waals surface area contributed by atoms with Crippen LogP contribution in [0.1, 0.15) is 17.2 Å². The van der Waals surface area contributed by atoms with Crippen LogP contribution in [0.4, 0.5) is 0 Å². The molecule has 1 aliphatic heterocycles. The van der Waals surface area contributed by atoms with Crippen molar-refractivity contribution in [2.24, 2.45) is 0 Å². The fourth-order valence-electron chi connectivity index (χ4n) is 2.09. The van der Waals surface area contributed by atoms with Gasteiger partial charge in [0.2, 0.25) is 0 Å². The number of rotatable bonds is 2. The summed E-state index contributed by atoms with van der Waals surface area (Å²) >= 11 is 3.44. The van der Waals surface area contributed by atoms with E-state index in [4.69, 9.17) is 9.47 Å². The Kier molecular flexibility index (Phi) is 3.30. The zero-order valence-electron chi connectivity index (χ0n) is 10.5. The SMILES string of the molecule is COc1ccc2c(c1)C=CC(c1ccc(Br)cc1)O2. The predicted molar refractivity (Wildman–Crippen MR) is 79.5 cm³/mol. The molecule has 1 aliphatic rings. The summed E-state index contributed by atoms with van der Waals surface area (Å²) in [5.41, 5.74) is 2.19. The largest absolute Gasteiger partial charge is 0.497 e. The van der Waals surface area contributed by atoms with Gasteiger partial charge in [0.1, 0.15) is 17.6 Å². The molecular weight excluding hydrogens is 304 g/mol. The molecular formula is C16H13BrO2. The second kappa shape index (κ2) is 5.10. The Balaban J connectivity index is 1.89. The zero-order chi connectivity index (χ0) is 13.2. The highest BCUT2D eigenvalue weighted by Crippen LogP contribution is 2.34. The first-order valence-corrected chi connectivity index (χ1v) is 6.84. The minimum Gasteiger partial charge on any atom is -0.497 e. The molecule has 96 valence electrons. The average molecular weight is 317 g/mol. The second-order valence-electron chi connectivity index (χ2n) is 4.35. The van der Waals surface area contributed by atoms with Crippen LogP contribution in [0.3, 0.4) is 0 Å². The van der Waals surface area contributed by atoms with Crippen LogP contribution in [0, 0.1) is 0 Å². The van der Waals surface area contributed by atoms with E-state index >= 15 is 0 Å². The summed E-state index contributed by atoms with van der Waals surface area (Å²) in [6.07, 6.45) is 4.10. The number of hydrogen-bond donors (Lipinski definition) is 0. The third kappa shape index (κ3) is 2.51. The van der Waals surface area contributed by atoms with E-state index in [2.05, 4.69) is 40.2 Å². The van der Waals surface area contributed by atoms with Crippen molar-refractivity contribution in [1.82, 2.24) is 0 Å². The van der Waals surface area contributed by atoms with Crippen LogP contribution in [0.15, 0.2) is 53.0 Å². The van der Waals surface area contributed by atoms with Crippen LogP contribution in [0.25, 0.3) is 6.08 Å². The van der Waals surface area contributed by atoms with Gasteiger partial charge in [-0.05, 0) is 42.0 Å². The summed E-state index contributed by atoms with van der Waals surface area (Å²) in [5, 5.41) is 0. The summed E-state index contributed by atoms with van der Waals surface area (Å²) in [6.45, 7) is 0. The van der Waals surface area contributed by atoms with Gasteiger partial charge in [-0.2, -0.15) is 0 Å². The molecule has 0 saturated carbocycles. The number of benzene rings is 2. The molecule has 0 aromatic heterocycles. The van der Waals surface area contributed by atoms with E-state index in [1.807, 2.05) is 30.3 Å². The minimum absolute atomic E-state index is 0.0333. The van der Waals surface area contributed by atoms with Gasteiger partial charge < -0.3 is 9.47 Å². The molecule has 0 aliphatic carbocycles. The molecule has 3 heteroatoms. The first-order chi connectivity index (χ1) is 9.26. The molecule has 0 spiro atoms. The molecule has 2 aromatic rings. The molecule has 0 saturated heterocycles. The highest BCUT2D eigenvalue weighted by Gasteiger charge is 2.16. The van der Waals surface area contributed by atoms with E-state index in [-0.39, 0.29) is 6.10 Å². The van der Waals surface area contributed by atoms with Crippen LogP contribution in [0.5, 0.6) is 11.5 Å². The Morgan fingerprint density at radius 3 is 2.63 bits per heavy atom. The third-order valence-electron chi connectivity index (χ3n) is 3.12. The maximum Gasteiger partial charge on any atom is 0.142 e. The Morgan fingerprint density at radius 1 is 1.11 bits per heavy atom. The molecule has 0 radical (unpaired) electrons. The third-order valence-corrected chi connectivity index (χ3v) is 3.65. The fraction of sp³-hybridized carbons (Fsp3) is 0.125. The lowest BCUT2D eigenvalue weighted by molar-refractivity contribution is 0.251. The van der Waals surface area contributed by atoms with E-state index in [0.717, 1.165) is 27.1 Å². The van der Waals surface area contributed by atoms with Crippen LogP contribution >= 0.6 is 15.9 Å². The second-order valence-corrected chi connectivity index (χ2v) is 5.27. The van der Waals surface area contributed by atoms with E-state index < -0.39 is 0 Å². The highest BCUT2D eigenvalue weighted by atomic mass is 79.9. The smallest absolute Gasteiger partial charge is 0.142 e. The number of hydrogen-bond acceptors (Lipinski definition) is 2. The normalized spacial score (nSPS) is 16.6. The van der Waals surface area contributed by atoms with E-state index in [9.17, 15) is 0 Å². The van der Waals surface area contributed by atoms with Crippen molar-refractivity contribution in [3.63, 3.8) is 0 Å². The summed E-state index contributed by atoms with van der Waals surface area (Å²) in [6, 6.07) is 14.0. The lowest BCUT2D eigenvalue weighted by atomic mass is 10.0. The Bertz CT molecular complexity index is 617. The van der Waals surface area contributed by atoms with Crippen molar-refractivity contribution in [2.75, 3.05) is 7.11 Å². The molecule has 19 heavy (non-hydrogen) atoms. The van der Waals surface area contributed by atoms with E-state index in [1.165, 1.54) is 0 Å². The van der Waals surface area contributed by atoms with Crippen molar-refractivity contribution in [3.05, 3.63) is 64.1 Å².